The van der Waals surface area contributed by atoms with Crippen molar-refractivity contribution in [1.82, 2.24) is 0 Å². The number of nitrogens with zero attached hydrogens (tertiary/aromatic N) is 1. The molecule has 2 aromatic rings. The van der Waals surface area contributed by atoms with Crippen LogP contribution in [0, 0.1) is 5.82 Å². The molecule has 0 spiro atoms. The number of hydrogen-bond donors (Lipinski definition) is 0. The molecule has 3 rings (SSSR count). The van der Waals surface area contributed by atoms with Crippen LogP contribution in [0.15, 0.2) is 47.4 Å². The van der Waals surface area contributed by atoms with Gasteiger partial charge in [0.25, 0.3) is 0 Å². The van der Waals surface area contributed by atoms with E-state index in [9.17, 15) is 22.4 Å². The lowest BCUT2D eigenvalue weighted by molar-refractivity contribution is -0.137. The van der Waals surface area contributed by atoms with Gasteiger partial charge in [-0.2, -0.15) is 13.2 Å². The standard InChI is InChI=1S/C16H11F4NOS/c17-12-4-1-10(2-5-12)8-21-13-7-11(16(18,19)20)3-6-14(13)23-9-15(21)22/h1-7H,8-9H2. The van der Waals surface area contributed by atoms with Crippen molar-refractivity contribution in [3.05, 3.63) is 59.4 Å². The van der Waals surface area contributed by atoms with Crippen molar-refractivity contribution in [1.29, 1.82) is 0 Å². The maximum Gasteiger partial charge on any atom is 0.416 e. The lowest BCUT2D eigenvalue weighted by atomic mass is 10.1. The van der Waals surface area contributed by atoms with Gasteiger partial charge in [0.1, 0.15) is 5.82 Å². The number of fused-ring (bicyclic) bond motifs is 1. The number of benzene rings is 2. The number of carbonyl (C=O) groups is 1. The van der Waals surface area contributed by atoms with E-state index in [0.29, 0.717) is 10.5 Å². The first kappa shape index (κ1) is 15.9. The van der Waals surface area contributed by atoms with E-state index in [0.717, 1.165) is 12.1 Å². The van der Waals surface area contributed by atoms with Crippen LogP contribution in [-0.2, 0) is 17.5 Å². The molecule has 2 nitrogen and oxygen atoms in total. The fourth-order valence-electron chi connectivity index (χ4n) is 2.32. The normalized spacial score (nSPS) is 14.8. The first-order valence-corrected chi connectivity index (χ1v) is 7.72. The molecule has 0 fully saturated rings. The van der Waals surface area contributed by atoms with E-state index < -0.39 is 17.6 Å². The highest BCUT2D eigenvalue weighted by atomic mass is 32.2. The van der Waals surface area contributed by atoms with Crippen molar-refractivity contribution in [2.75, 3.05) is 10.7 Å². The molecule has 0 radical (unpaired) electrons. The van der Waals surface area contributed by atoms with Crippen molar-refractivity contribution >= 4 is 23.4 Å². The summed E-state index contributed by atoms with van der Waals surface area (Å²) in [6.45, 7) is 0.105. The molecule has 1 aliphatic rings. The van der Waals surface area contributed by atoms with Crippen LogP contribution < -0.4 is 4.90 Å². The minimum absolute atomic E-state index is 0.105. The number of alkyl halides is 3. The first-order valence-electron chi connectivity index (χ1n) is 6.73. The molecule has 0 atom stereocenters. The number of halogens is 4. The summed E-state index contributed by atoms with van der Waals surface area (Å²) in [5.41, 5.74) is 0.0936. The summed E-state index contributed by atoms with van der Waals surface area (Å²) >= 11 is 1.21. The summed E-state index contributed by atoms with van der Waals surface area (Å²) < 4.78 is 51.7. The van der Waals surface area contributed by atoms with Gasteiger partial charge in [0, 0.05) is 4.90 Å². The number of rotatable bonds is 2. The average molecular weight is 341 g/mol. The largest absolute Gasteiger partial charge is 0.416 e. The zero-order chi connectivity index (χ0) is 16.6. The van der Waals surface area contributed by atoms with Gasteiger partial charge < -0.3 is 4.90 Å². The van der Waals surface area contributed by atoms with Crippen molar-refractivity contribution in [3.63, 3.8) is 0 Å². The Kier molecular flexibility index (Phi) is 4.06. The third-order valence-corrected chi connectivity index (χ3v) is 4.53. The van der Waals surface area contributed by atoms with Gasteiger partial charge >= 0.3 is 6.18 Å². The summed E-state index contributed by atoms with van der Waals surface area (Å²) in [7, 11) is 0. The second-order valence-corrected chi connectivity index (χ2v) is 6.09. The minimum Gasteiger partial charge on any atom is -0.306 e. The number of amides is 1. The van der Waals surface area contributed by atoms with Crippen LogP contribution in [0.1, 0.15) is 11.1 Å². The van der Waals surface area contributed by atoms with Crippen LogP contribution >= 0.6 is 11.8 Å². The van der Waals surface area contributed by atoms with Gasteiger partial charge in [-0.05, 0) is 35.9 Å². The molecule has 0 N–H and O–H groups in total. The lowest BCUT2D eigenvalue weighted by Crippen LogP contribution is -2.35. The summed E-state index contributed by atoms with van der Waals surface area (Å²) in [4.78, 5) is 14.1. The van der Waals surface area contributed by atoms with E-state index in [4.69, 9.17) is 0 Å². The van der Waals surface area contributed by atoms with Crippen LogP contribution in [0.2, 0.25) is 0 Å². The Morgan fingerprint density at radius 2 is 1.78 bits per heavy atom. The Bertz CT molecular complexity index is 743. The second kappa shape index (κ2) is 5.88. The molecule has 1 heterocycles. The molecule has 7 heteroatoms. The molecule has 1 aliphatic heterocycles. The van der Waals surface area contributed by atoms with Crippen LogP contribution in [0.25, 0.3) is 0 Å². The smallest absolute Gasteiger partial charge is 0.306 e. The van der Waals surface area contributed by atoms with E-state index in [1.54, 1.807) is 0 Å². The monoisotopic (exact) mass is 341 g/mol. The van der Waals surface area contributed by atoms with Gasteiger partial charge in [-0.3, -0.25) is 4.79 Å². The van der Waals surface area contributed by atoms with E-state index in [2.05, 4.69) is 0 Å². The third-order valence-electron chi connectivity index (χ3n) is 3.48. The van der Waals surface area contributed by atoms with E-state index in [1.807, 2.05) is 0 Å². The van der Waals surface area contributed by atoms with Crippen LogP contribution in [-0.4, -0.2) is 11.7 Å². The number of hydrogen-bond acceptors (Lipinski definition) is 2. The Morgan fingerprint density at radius 1 is 1.09 bits per heavy atom. The third kappa shape index (κ3) is 3.34. The summed E-state index contributed by atoms with van der Waals surface area (Å²) in [6.07, 6.45) is -4.47. The highest BCUT2D eigenvalue weighted by Crippen LogP contribution is 2.40. The Balaban J connectivity index is 1.98. The molecule has 0 aliphatic carbocycles. The fourth-order valence-corrected chi connectivity index (χ4v) is 3.24. The maximum atomic E-state index is 13.0. The summed E-state index contributed by atoms with van der Waals surface area (Å²) in [6, 6.07) is 8.92. The number of carbonyl (C=O) groups excluding carboxylic acids is 1. The van der Waals surface area contributed by atoms with Crippen molar-refractivity contribution in [2.24, 2.45) is 0 Å². The van der Waals surface area contributed by atoms with E-state index in [-0.39, 0.29) is 23.9 Å². The quantitative estimate of drug-likeness (QED) is 0.751. The molecule has 120 valence electrons. The predicted octanol–water partition coefficient (Wildman–Crippen LogP) is 4.48. The Hall–Kier alpha value is -2.02. The first-order chi connectivity index (χ1) is 10.8. The molecule has 0 bridgehead atoms. The van der Waals surface area contributed by atoms with Crippen LogP contribution in [0.3, 0.4) is 0 Å². The lowest BCUT2D eigenvalue weighted by Gasteiger charge is -2.29. The molecule has 0 saturated heterocycles. The topological polar surface area (TPSA) is 20.3 Å². The van der Waals surface area contributed by atoms with Gasteiger partial charge in [0.2, 0.25) is 5.91 Å². The molecule has 23 heavy (non-hydrogen) atoms. The van der Waals surface area contributed by atoms with E-state index in [1.165, 1.54) is 47.0 Å². The molecule has 2 aromatic carbocycles. The highest BCUT2D eigenvalue weighted by Gasteiger charge is 2.33. The Morgan fingerprint density at radius 3 is 2.43 bits per heavy atom. The average Bonchev–Trinajstić information content (AvgIpc) is 2.51. The second-order valence-electron chi connectivity index (χ2n) is 5.08. The minimum atomic E-state index is -4.47. The molecule has 1 amide bonds. The van der Waals surface area contributed by atoms with Gasteiger partial charge in [-0.25, -0.2) is 4.39 Å². The molecule has 0 saturated carbocycles. The zero-order valence-corrected chi connectivity index (χ0v) is 12.5. The van der Waals surface area contributed by atoms with Gasteiger partial charge in [0.15, 0.2) is 0 Å². The Labute approximate surface area is 134 Å². The highest BCUT2D eigenvalue weighted by molar-refractivity contribution is 8.00. The van der Waals surface area contributed by atoms with Crippen LogP contribution in [0.5, 0.6) is 0 Å². The van der Waals surface area contributed by atoms with Crippen molar-refractivity contribution < 1.29 is 22.4 Å². The maximum absolute atomic E-state index is 13.0. The van der Waals surface area contributed by atoms with Gasteiger partial charge in [0.05, 0.1) is 23.5 Å². The van der Waals surface area contributed by atoms with Gasteiger partial charge in [-0.15, -0.1) is 11.8 Å². The fraction of sp³-hybridized carbons (Fsp3) is 0.188. The summed E-state index contributed by atoms with van der Waals surface area (Å²) in [5.74, 6) is -0.514. The van der Waals surface area contributed by atoms with Crippen molar-refractivity contribution in [3.8, 4) is 0 Å². The van der Waals surface area contributed by atoms with Gasteiger partial charge in [-0.1, -0.05) is 12.1 Å². The van der Waals surface area contributed by atoms with Crippen molar-refractivity contribution in [2.45, 2.75) is 17.6 Å². The number of anilines is 1. The summed E-state index contributed by atoms with van der Waals surface area (Å²) in [5, 5.41) is 0. The zero-order valence-electron chi connectivity index (χ0n) is 11.7. The van der Waals surface area contributed by atoms with Crippen LogP contribution in [0.4, 0.5) is 23.2 Å². The molecule has 0 aromatic heterocycles. The SMILES string of the molecule is O=C1CSc2ccc(C(F)(F)F)cc2N1Cc1ccc(F)cc1. The van der Waals surface area contributed by atoms with E-state index >= 15 is 0 Å². The molecule has 0 unspecified atom stereocenters. The molecular weight excluding hydrogens is 330 g/mol. The molecular formula is C16H11F4NOS. The number of thioether (sulfide) groups is 1. The predicted molar refractivity (Wildman–Crippen MR) is 79.8 cm³/mol.